The molecule has 2 rings (SSSR count). The minimum Gasteiger partial charge on any atom is -0.381 e. The summed E-state index contributed by atoms with van der Waals surface area (Å²) in [4.78, 5) is 15.9. The molecule has 1 aliphatic carbocycles. The first-order valence-corrected chi connectivity index (χ1v) is 6.40. The van der Waals surface area contributed by atoms with Crippen LogP contribution in [0.25, 0.3) is 0 Å². The summed E-state index contributed by atoms with van der Waals surface area (Å²) in [6.07, 6.45) is 9.97. The molecular weight excluding hydrogens is 226 g/mol. The topological polar surface area (TPSA) is 54.0 Å². The Morgan fingerprint density at radius 3 is 2.94 bits per heavy atom. The number of nitrogens with one attached hydrogen (secondary N) is 2. The Kier molecular flexibility index (Phi) is 4.34. The molecule has 4 heteroatoms. The van der Waals surface area contributed by atoms with Crippen molar-refractivity contribution >= 4 is 11.6 Å². The average molecular weight is 245 g/mol. The first-order chi connectivity index (χ1) is 8.79. The molecule has 0 bridgehead atoms. The third kappa shape index (κ3) is 3.32. The molecule has 1 saturated carbocycles. The Labute approximate surface area is 108 Å². The maximum atomic E-state index is 11.8. The van der Waals surface area contributed by atoms with Crippen LogP contribution < -0.4 is 10.6 Å². The summed E-state index contributed by atoms with van der Waals surface area (Å²) in [6.45, 7) is 4.04. The highest BCUT2D eigenvalue weighted by atomic mass is 16.1. The largest absolute Gasteiger partial charge is 0.381 e. The van der Waals surface area contributed by atoms with Crippen LogP contribution in [0.3, 0.4) is 0 Å². The highest BCUT2D eigenvalue weighted by Crippen LogP contribution is 2.22. The summed E-state index contributed by atoms with van der Waals surface area (Å²) in [7, 11) is 0. The van der Waals surface area contributed by atoms with Crippen LogP contribution in [-0.2, 0) is 0 Å². The molecule has 2 N–H and O–H groups in total. The Hall–Kier alpha value is -1.84. The summed E-state index contributed by atoms with van der Waals surface area (Å²) in [6, 6.07) is 2.38. The van der Waals surface area contributed by atoms with Crippen LogP contribution >= 0.6 is 0 Å². The van der Waals surface area contributed by atoms with E-state index in [0.717, 1.165) is 5.69 Å². The highest BCUT2D eigenvalue weighted by Gasteiger charge is 2.15. The van der Waals surface area contributed by atoms with E-state index in [4.69, 9.17) is 0 Å². The molecule has 96 valence electrons. The van der Waals surface area contributed by atoms with Gasteiger partial charge in [-0.3, -0.25) is 9.78 Å². The molecule has 4 nitrogen and oxygen atoms in total. The van der Waals surface area contributed by atoms with Crippen molar-refractivity contribution in [3.63, 3.8) is 0 Å². The Morgan fingerprint density at radius 2 is 2.22 bits per heavy atom. The molecule has 0 aliphatic heterocycles. The van der Waals surface area contributed by atoms with Crippen molar-refractivity contribution in [3.8, 4) is 0 Å². The lowest BCUT2D eigenvalue weighted by atomic mass is 10.2. The second-order valence-electron chi connectivity index (χ2n) is 4.59. The van der Waals surface area contributed by atoms with Gasteiger partial charge in [-0.05, 0) is 18.9 Å². The van der Waals surface area contributed by atoms with E-state index in [1.165, 1.54) is 25.7 Å². The minimum atomic E-state index is -0.113. The van der Waals surface area contributed by atoms with Crippen LogP contribution in [0.5, 0.6) is 0 Å². The van der Waals surface area contributed by atoms with Crippen molar-refractivity contribution in [1.29, 1.82) is 0 Å². The molecule has 1 heterocycles. The lowest BCUT2D eigenvalue weighted by Gasteiger charge is -2.13. The van der Waals surface area contributed by atoms with Gasteiger partial charge in [0, 0.05) is 25.0 Å². The summed E-state index contributed by atoms with van der Waals surface area (Å²) < 4.78 is 0. The number of pyridine rings is 1. The van der Waals surface area contributed by atoms with E-state index >= 15 is 0 Å². The van der Waals surface area contributed by atoms with Crippen LogP contribution in [0, 0.1) is 0 Å². The number of anilines is 1. The smallest absolute Gasteiger partial charge is 0.253 e. The fourth-order valence-electron chi connectivity index (χ4n) is 2.22. The molecule has 0 atom stereocenters. The van der Waals surface area contributed by atoms with Gasteiger partial charge in [0.15, 0.2) is 0 Å². The van der Waals surface area contributed by atoms with E-state index < -0.39 is 0 Å². The summed E-state index contributed by atoms with van der Waals surface area (Å²) in [5.74, 6) is -0.113. The zero-order chi connectivity index (χ0) is 12.8. The molecule has 0 aromatic carbocycles. The molecule has 1 aromatic heterocycles. The predicted octanol–water partition coefficient (Wildman–Crippen LogP) is 2.35. The minimum absolute atomic E-state index is 0.113. The van der Waals surface area contributed by atoms with E-state index in [-0.39, 0.29) is 5.91 Å². The number of hydrogen-bond acceptors (Lipinski definition) is 3. The van der Waals surface area contributed by atoms with Crippen molar-refractivity contribution < 1.29 is 4.79 Å². The van der Waals surface area contributed by atoms with Crippen molar-refractivity contribution in [2.75, 3.05) is 11.9 Å². The summed E-state index contributed by atoms with van der Waals surface area (Å²) >= 11 is 0. The maximum Gasteiger partial charge on any atom is 0.253 e. The lowest BCUT2D eigenvalue weighted by Crippen LogP contribution is -2.23. The lowest BCUT2D eigenvalue weighted by molar-refractivity contribution is 0.0957. The normalized spacial score (nSPS) is 15.3. The van der Waals surface area contributed by atoms with Gasteiger partial charge in [-0.25, -0.2) is 0 Å². The monoisotopic (exact) mass is 245 g/mol. The van der Waals surface area contributed by atoms with E-state index in [2.05, 4.69) is 22.2 Å². The van der Waals surface area contributed by atoms with Crippen LogP contribution in [0.4, 0.5) is 5.69 Å². The quantitative estimate of drug-likeness (QED) is 0.783. The van der Waals surface area contributed by atoms with Gasteiger partial charge in [-0.1, -0.05) is 18.9 Å². The molecule has 0 spiro atoms. The number of rotatable bonds is 5. The first-order valence-electron chi connectivity index (χ1n) is 6.40. The van der Waals surface area contributed by atoms with Gasteiger partial charge in [0.25, 0.3) is 5.91 Å². The van der Waals surface area contributed by atoms with Crippen molar-refractivity contribution in [2.24, 2.45) is 0 Å². The fraction of sp³-hybridized carbons (Fsp3) is 0.429. The molecule has 1 aliphatic rings. The van der Waals surface area contributed by atoms with Crippen LogP contribution in [0.1, 0.15) is 36.0 Å². The molecule has 0 radical (unpaired) electrons. The second-order valence-corrected chi connectivity index (χ2v) is 4.59. The zero-order valence-corrected chi connectivity index (χ0v) is 10.5. The molecule has 1 aromatic rings. The van der Waals surface area contributed by atoms with E-state index in [1.807, 2.05) is 6.07 Å². The number of aromatic nitrogens is 1. The molecule has 0 saturated heterocycles. The summed E-state index contributed by atoms with van der Waals surface area (Å²) in [5.41, 5.74) is 1.51. The predicted molar refractivity (Wildman–Crippen MR) is 72.6 cm³/mol. The zero-order valence-electron chi connectivity index (χ0n) is 10.5. The number of carbonyl (C=O) groups excluding carboxylic acids is 1. The van der Waals surface area contributed by atoms with Gasteiger partial charge in [0.05, 0.1) is 11.3 Å². The van der Waals surface area contributed by atoms with Gasteiger partial charge >= 0.3 is 0 Å². The Balaban J connectivity index is 1.99. The first kappa shape index (κ1) is 12.6. The number of carbonyl (C=O) groups is 1. The van der Waals surface area contributed by atoms with E-state index in [9.17, 15) is 4.79 Å². The number of nitrogens with zero attached hydrogens (tertiary/aromatic N) is 1. The standard InChI is InChI=1S/C14H19N3O/c1-2-7-16-14(18)11-8-13(10-15-9-11)17-12-5-3-4-6-12/h2,8-10,12,17H,1,3-7H2,(H,16,18). The maximum absolute atomic E-state index is 11.8. The fourth-order valence-corrected chi connectivity index (χ4v) is 2.22. The van der Waals surface area contributed by atoms with Gasteiger partial charge in [0.1, 0.15) is 0 Å². The molecule has 1 fully saturated rings. The third-order valence-electron chi connectivity index (χ3n) is 3.13. The number of amides is 1. The molecule has 1 amide bonds. The molecule has 18 heavy (non-hydrogen) atoms. The van der Waals surface area contributed by atoms with Crippen LogP contribution in [0.15, 0.2) is 31.1 Å². The highest BCUT2D eigenvalue weighted by molar-refractivity contribution is 5.94. The SMILES string of the molecule is C=CCNC(=O)c1cncc(NC2CCCC2)c1. The Bertz CT molecular complexity index is 425. The molecular formula is C14H19N3O. The van der Waals surface area contributed by atoms with Gasteiger partial charge in [-0.15, -0.1) is 6.58 Å². The van der Waals surface area contributed by atoms with Gasteiger partial charge in [-0.2, -0.15) is 0 Å². The van der Waals surface area contributed by atoms with Crippen molar-refractivity contribution in [2.45, 2.75) is 31.7 Å². The van der Waals surface area contributed by atoms with Crippen LogP contribution in [0.2, 0.25) is 0 Å². The second kappa shape index (κ2) is 6.19. The summed E-state index contributed by atoms with van der Waals surface area (Å²) in [5, 5.41) is 6.17. The van der Waals surface area contributed by atoms with Gasteiger partial charge < -0.3 is 10.6 Å². The average Bonchev–Trinajstić information content (AvgIpc) is 2.89. The Morgan fingerprint density at radius 1 is 1.44 bits per heavy atom. The number of hydrogen-bond donors (Lipinski definition) is 2. The molecule has 0 unspecified atom stereocenters. The van der Waals surface area contributed by atoms with E-state index in [1.54, 1.807) is 18.5 Å². The van der Waals surface area contributed by atoms with Crippen molar-refractivity contribution in [1.82, 2.24) is 10.3 Å². The van der Waals surface area contributed by atoms with E-state index in [0.29, 0.717) is 18.2 Å². The third-order valence-corrected chi connectivity index (χ3v) is 3.13. The van der Waals surface area contributed by atoms with Crippen LogP contribution in [-0.4, -0.2) is 23.5 Å². The van der Waals surface area contributed by atoms with Crippen molar-refractivity contribution in [3.05, 3.63) is 36.7 Å². The van der Waals surface area contributed by atoms with Gasteiger partial charge in [0.2, 0.25) is 0 Å².